The minimum Gasteiger partial charge on any atom is -0.595 e. The van der Waals surface area contributed by atoms with Crippen molar-refractivity contribution in [3.8, 4) is 5.75 Å². The van der Waals surface area contributed by atoms with Gasteiger partial charge in [-0.2, -0.15) is 5.23 Å². The van der Waals surface area contributed by atoms with Crippen molar-refractivity contribution in [2.75, 3.05) is 14.2 Å². The lowest BCUT2D eigenvalue weighted by Crippen LogP contribution is -2.99. The highest BCUT2D eigenvalue weighted by molar-refractivity contribution is 8.07. The van der Waals surface area contributed by atoms with E-state index < -0.39 is 11.9 Å². The van der Waals surface area contributed by atoms with Gasteiger partial charge in [-0.25, -0.2) is 5.21 Å². The summed E-state index contributed by atoms with van der Waals surface area (Å²) in [7, 11) is 2.80. The van der Waals surface area contributed by atoms with E-state index in [-0.39, 0.29) is 5.69 Å². The first-order valence-electron chi connectivity index (χ1n) is 4.25. The van der Waals surface area contributed by atoms with Gasteiger partial charge in [-0.05, 0) is 12.1 Å². The summed E-state index contributed by atoms with van der Waals surface area (Å²) in [5.74, 6) is 0.414. The van der Waals surface area contributed by atoms with Crippen LogP contribution in [-0.2, 0) is 20.9 Å². The Morgan fingerprint density at radius 2 is 1.75 bits per heavy atom. The quantitative estimate of drug-likeness (QED) is 0.610. The van der Waals surface area contributed by atoms with Crippen LogP contribution in [-0.4, -0.2) is 19.4 Å². The fourth-order valence-corrected chi connectivity index (χ4v) is 1.87. The van der Waals surface area contributed by atoms with Crippen molar-refractivity contribution in [2.24, 2.45) is 0 Å². The summed E-state index contributed by atoms with van der Waals surface area (Å²) < 4.78 is 15.2. The van der Waals surface area contributed by atoms with E-state index in [2.05, 4.69) is 0 Å². The lowest BCUT2D eigenvalue weighted by molar-refractivity contribution is -0.991. The van der Waals surface area contributed by atoms with Gasteiger partial charge in [0.15, 0.2) is 5.69 Å². The van der Waals surface area contributed by atoms with Crippen molar-refractivity contribution in [1.29, 1.82) is 0 Å². The van der Waals surface area contributed by atoms with Gasteiger partial charge >= 0.3 is 6.72 Å². The molecule has 0 saturated carbocycles. The molecule has 1 unspecified atom stereocenters. The summed E-state index contributed by atoms with van der Waals surface area (Å²) in [6.45, 7) is -2.76. The second-order valence-corrected chi connectivity index (χ2v) is 5.88. The number of nitrogens with one attached hydrogen (secondary N) is 1. The molecule has 0 saturated heterocycles. The molecule has 1 atom stereocenters. The van der Waals surface area contributed by atoms with E-state index in [4.69, 9.17) is 30.6 Å². The monoisotopic (exact) mass is 265 g/mol. The molecule has 0 amide bonds. The maximum Gasteiger partial charge on any atom is 0.380 e. The molecule has 0 radical (unpaired) electrons. The van der Waals surface area contributed by atoms with Crippen LogP contribution in [0.4, 0.5) is 5.69 Å². The molecule has 0 spiro atoms. The predicted molar refractivity (Wildman–Crippen MR) is 61.1 cm³/mol. The normalized spacial score (nSPS) is 13.5. The van der Waals surface area contributed by atoms with Crippen molar-refractivity contribution >= 4 is 24.2 Å². The molecule has 0 aromatic heterocycles. The van der Waals surface area contributed by atoms with E-state index in [9.17, 15) is 5.21 Å². The SMILES string of the molecule is COP(=S)(OC)Oc1ccc([NH+]([O-])O)cc1. The summed E-state index contributed by atoms with van der Waals surface area (Å²) in [4.78, 5) is 0. The highest BCUT2D eigenvalue weighted by Gasteiger charge is 2.18. The standard InChI is InChI=1S/C8H12NO5PS/c1-12-15(16,13-2)14-8-5-3-7(4-6-8)9(10)11/h3-6,9-10H,1-2H3. The number of rotatable bonds is 5. The van der Waals surface area contributed by atoms with E-state index in [0.717, 1.165) is 0 Å². The molecule has 16 heavy (non-hydrogen) atoms. The Kier molecular flexibility index (Phi) is 4.82. The van der Waals surface area contributed by atoms with E-state index in [1.165, 1.54) is 38.5 Å². The predicted octanol–water partition coefficient (Wildman–Crippen LogP) is 0.986. The zero-order chi connectivity index (χ0) is 12.2. The van der Waals surface area contributed by atoms with Crippen molar-refractivity contribution in [3.63, 3.8) is 0 Å². The minimum absolute atomic E-state index is 0.176. The fraction of sp³-hybridized carbons (Fsp3) is 0.250. The van der Waals surface area contributed by atoms with Gasteiger partial charge in [0.25, 0.3) is 0 Å². The Balaban J connectivity index is 2.79. The number of benzene rings is 1. The highest BCUT2D eigenvalue weighted by atomic mass is 32.5. The lowest BCUT2D eigenvalue weighted by atomic mass is 10.3. The van der Waals surface area contributed by atoms with Crippen molar-refractivity contribution < 1.29 is 24.0 Å². The van der Waals surface area contributed by atoms with Gasteiger partial charge in [-0.15, -0.1) is 0 Å². The van der Waals surface area contributed by atoms with Crippen LogP contribution in [0.5, 0.6) is 5.75 Å². The van der Waals surface area contributed by atoms with Gasteiger partial charge in [0.05, 0.1) is 0 Å². The van der Waals surface area contributed by atoms with Crippen molar-refractivity contribution in [3.05, 3.63) is 29.5 Å². The number of hydrogen-bond donors (Lipinski definition) is 2. The largest absolute Gasteiger partial charge is 0.595 e. The van der Waals surface area contributed by atoms with Crippen LogP contribution in [0.15, 0.2) is 24.3 Å². The Labute approximate surface area is 98.1 Å². The van der Waals surface area contributed by atoms with Crippen LogP contribution in [0.2, 0.25) is 0 Å². The summed E-state index contributed by atoms with van der Waals surface area (Å²) in [6, 6.07) is 5.84. The van der Waals surface area contributed by atoms with Crippen molar-refractivity contribution in [2.45, 2.75) is 0 Å². The molecule has 6 nitrogen and oxygen atoms in total. The van der Waals surface area contributed by atoms with E-state index in [1.807, 2.05) is 0 Å². The minimum atomic E-state index is -2.76. The first-order valence-corrected chi connectivity index (χ1v) is 6.81. The summed E-state index contributed by atoms with van der Waals surface area (Å²) in [5.41, 5.74) is 0.176. The van der Waals surface area contributed by atoms with Gasteiger partial charge in [-0.3, -0.25) is 0 Å². The maximum atomic E-state index is 10.6. The molecular weight excluding hydrogens is 253 g/mol. The molecular formula is C8H12NO5PS. The molecule has 0 aliphatic carbocycles. The van der Waals surface area contributed by atoms with Gasteiger partial charge in [0, 0.05) is 38.2 Å². The van der Waals surface area contributed by atoms with Gasteiger partial charge < -0.3 is 18.8 Å². The molecule has 0 heterocycles. The van der Waals surface area contributed by atoms with Gasteiger partial charge in [0.1, 0.15) is 5.75 Å². The zero-order valence-electron chi connectivity index (χ0n) is 8.75. The molecule has 1 aromatic rings. The Morgan fingerprint density at radius 3 is 2.12 bits per heavy atom. The Morgan fingerprint density at radius 1 is 1.25 bits per heavy atom. The average Bonchev–Trinajstić information content (AvgIpc) is 2.29. The summed E-state index contributed by atoms with van der Waals surface area (Å²) in [5, 5.41) is 18.3. The van der Waals surface area contributed by atoms with Crippen LogP contribution >= 0.6 is 6.72 Å². The zero-order valence-corrected chi connectivity index (χ0v) is 10.5. The summed E-state index contributed by atoms with van der Waals surface area (Å²) >= 11 is 5.00. The topological polar surface area (TPSA) is 75.4 Å². The molecule has 0 bridgehead atoms. The molecule has 1 aromatic carbocycles. The highest BCUT2D eigenvalue weighted by Crippen LogP contribution is 2.48. The second-order valence-electron chi connectivity index (χ2n) is 2.73. The van der Waals surface area contributed by atoms with Crippen LogP contribution in [0.25, 0.3) is 0 Å². The first kappa shape index (κ1) is 13.5. The second kappa shape index (κ2) is 5.70. The summed E-state index contributed by atoms with van der Waals surface area (Å²) in [6.07, 6.45) is 0. The van der Waals surface area contributed by atoms with Gasteiger partial charge in [0.2, 0.25) is 0 Å². The molecule has 0 fully saturated rings. The van der Waals surface area contributed by atoms with Crippen LogP contribution in [0.1, 0.15) is 0 Å². The average molecular weight is 265 g/mol. The molecule has 0 aliphatic heterocycles. The Bertz CT molecular complexity index is 375. The third kappa shape index (κ3) is 3.50. The molecule has 8 heteroatoms. The number of hydrogen-bond acceptors (Lipinski definition) is 6. The molecule has 0 aliphatic rings. The van der Waals surface area contributed by atoms with Crippen LogP contribution < -0.4 is 9.75 Å². The van der Waals surface area contributed by atoms with E-state index in [1.54, 1.807) is 0 Å². The van der Waals surface area contributed by atoms with Crippen LogP contribution in [0, 0.1) is 5.21 Å². The third-order valence-corrected chi connectivity index (χ3v) is 4.21. The smallest absolute Gasteiger partial charge is 0.380 e. The fourth-order valence-electron chi connectivity index (χ4n) is 0.937. The van der Waals surface area contributed by atoms with Crippen LogP contribution in [0.3, 0.4) is 0 Å². The molecule has 2 N–H and O–H groups in total. The third-order valence-electron chi connectivity index (χ3n) is 1.77. The van der Waals surface area contributed by atoms with Gasteiger partial charge in [-0.1, -0.05) is 0 Å². The lowest BCUT2D eigenvalue weighted by Gasteiger charge is -2.18. The maximum absolute atomic E-state index is 10.6. The van der Waals surface area contributed by atoms with E-state index >= 15 is 0 Å². The molecule has 1 rings (SSSR count). The number of quaternary nitrogens is 1. The molecule has 90 valence electrons. The van der Waals surface area contributed by atoms with E-state index in [0.29, 0.717) is 5.75 Å². The first-order chi connectivity index (χ1) is 7.50. The van der Waals surface area contributed by atoms with Crippen molar-refractivity contribution in [1.82, 2.24) is 0 Å². The Hall–Kier alpha value is -0.530.